The van der Waals surface area contributed by atoms with E-state index in [9.17, 15) is 10.0 Å². The van der Waals surface area contributed by atoms with E-state index in [-0.39, 0.29) is 18.2 Å². The highest BCUT2D eigenvalue weighted by Crippen LogP contribution is 2.12. The van der Waals surface area contributed by atoms with Gasteiger partial charge in [0.15, 0.2) is 0 Å². The molecule has 0 aromatic heterocycles. The Morgan fingerprint density at radius 1 is 1.47 bits per heavy atom. The molecule has 4 nitrogen and oxygen atoms in total. The van der Waals surface area contributed by atoms with Gasteiger partial charge in [0, 0.05) is 12.1 Å². The Bertz CT molecular complexity index is 363. The molecule has 0 aliphatic rings. The molecule has 0 saturated carbocycles. The van der Waals surface area contributed by atoms with Crippen LogP contribution >= 0.6 is 0 Å². The molecule has 4 heteroatoms. The smallest absolute Gasteiger partial charge is 0.243 e. The number of aliphatic hydroxyl groups excluding tert-OH is 1. The van der Waals surface area contributed by atoms with Gasteiger partial charge < -0.3 is 15.4 Å². The predicted octanol–water partition coefficient (Wildman–Crippen LogP) is 1.24. The second kappa shape index (κ2) is 4.91. The summed E-state index contributed by atoms with van der Waals surface area (Å²) in [6, 6.07) is 5.27. The quantitative estimate of drug-likeness (QED) is 0.760. The van der Waals surface area contributed by atoms with Gasteiger partial charge in [-0.15, -0.1) is 0 Å². The fourth-order valence-corrected chi connectivity index (χ4v) is 1.38. The molecule has 1 rings (SSSR count). The molecule has 0 fully saturated rings. The Morgan fingerprint density at radius 3 is 2.67 bits per heavy atom. The Hall–Kier alpha value is -1.39. The number of amides is 1. The molecule has 0 radical (unpaired) electrons. The summed E-state index contributed by atoms with van der Waals surface area (Å²) in [6.07, 6.45) is 0. The number of rotatable bonds is 3. The summed E-state index contributed by atoms with van der Waals surface area (Å²) >= 11 is 0. The molecule has 0 aliphatic carbocycles. The predicted molar refractivity (Wildman–Crippen MR) is 57.4 cm³/mol. The van der Waals surface area contributed by atoms with Gasteiger partial charge in [0.05, 0.1) is 6.61 Å². The summed E-state index contributed by atoms with van der Waals surface area (Å²) in [4.78, 5) is 11.6. The Morgan fingerprint density at radius 2 is 2.13 bits per heavy atom. The molecule has 0 bridgehead atoms. The zero-order chi connectivity index (χ0) is 11.4. The zero-order valence-corrected chi connectivity index (χ0v) is 8.86. The van der Waals surface area contributed by atoms with E-state index in [0.29, 0.717) is 5.56 Å². The van der Waals surface area contributed by atoms with Crippen LogP contribution in [0.4, 0.5) is 0 Å². The van der Waals surface area contributed by atoms with Crippen LogP contribution in [-0.2, 0) is 0 Å². The lowest BCUT2D eigenvalue weighted by molar-refractivity contribution is 0.0797. The fraction of sp³-hybridized carbons (Fsp3) is 0.364. The molecule has 1 aromatic rings. The molecule has 1 aromatic carbocycles. The van der Waals surface area contributed by atoms with Crippen molar-refractivity contribution in [2.24, 2.45) is 0 Å². The van der Waals surface area contributed by atoms with Crippen molar-refractivity contribution in [1.29, 1.82) is 0 Å². The van der Waals surface area contributed by atoms with Crippen molar-refractivity contribution in [3.05, 3.63) is 40.1 Å². The van der Waals surface area contributed by atoms with Crippen LogP contribution in [0.5, 0.6) is 0 Å². The molecular formula is C11H14NO3-. The first-order valence-electron chi connectivity index (χ1n) is 4.73. The first-order valence-corrected chi connectivity index (χ1v) is 4.73. The lowest BCUT2D eigenvalue weighted by atomic mass is 10.1. The molecule has 0 unspecified atom stereocenters. The average molecular weight is 208 g/mol. The van der Waals surface area contributed by atoms with Crippen molar-refractivity contribution < 1.29 is 9.90 Å². The largest absolute Gasteiger partial charge is 0.756 e. The van der Waals surface area contributed by atoms with Gasteiger partial charge in [0.1, 0.15) is 0 Å². The minimum Gasteiger partial charge on any atom is -0.756 e. The topological polar surface area (TPSA) is 63.6 Å². The maximum atomic E-state index is 11.6. The van der Waals surface area contributed by atoms with Crippen molar-refractivity contribution in [1.82, 2.24) is 5.06 Å². The van der Waals surface area contributed by atoms with E-state index < -0.39 is 5.91 Å². The van der Waals surface area contributed by atoms with Crippen LogP contribution in [0.15, 0.2) is 18.2 Å². The molecular weight excluding hydrogens is 194 g/mol. The van der Waals surface area contributed by atoms with E-state index in [0.717, 1.165) is 11.1 Å². The number of hydroxylamine groups is 2. The maximum absolute atomic E-state index is 11.6. The van der Waals surface area contributed by atoms with Gasteiger partial charge in [-0.3, -0.25) is 4.79 Å². The highest BCUT2D eigenvalue weighted by molar-refractivity contribution is 5.95. The van der Waals surface area contributed by atoms with E-state index in [2.05, 4.69) is 0 Å². The van der Waals surface area contributed by atoms with Crippen LogP contribution in [0.25, 0.3) is 0 Å². The van der Waals surface area contributed by atoms with Crippen LogP contribution in [0, 0.1) is 19.1 Å². The first-order chi connectivity index (χ1) is 7.06. The number of nitrogens with zero attached hydrogens (tertiary/aromatic N) is 1. The SMILES string of the molecule is Cc1ccc(C(=O)N([O-])CCO)c(C)c1. The van der Waals surface area contributed by atoms with E-state index >= 15 is 0 Å². The van der Waals surface area contributed by atoms with Crippen LogP contribution in [0.1, 0.15) is 21.5 Å². The van der Waals surface area contributed by atoms with Gasteiger partial charge >= 0.3 is 0 Å². The highest BCUT2D eigenvalue weighted by Gasteiger charge is 2.09. The summed E-state index contributed by atoms with van der Waals surface area (Å²) in [7, 11) is 0. The van der Waals surface area contributed by atoms with Crippen LogP contribution in [0.3, 0.4) is 0 Å². The number of benzene rings is 1. The number of hydrogen-bond donors (Lipinski definition) is 1. The van der Waals surface area contributed by atoms with Gasteiger partial charge in [-0.1, -0.05) is 17.7 Å². The van der Waals surface area contributed by atoms with Gasteiger partial charge in [-0.2, -0.15) is 0 Å². The molecule has 0 saturated heterocycles. The average Bonchev–Trinajstić information content (AvgIpc) is 2.17. The van der Waals surface area contributed by atoms with Crippen LogP contribution in [0.2, 0.25) is 0 Å². The molecule has 1 N–H and O–H groups in total. The molecule has 15 heavy (non-hydrogen) atoms. The van der Waals surface area contributed by atoms with Crippen LogP contribution < -0.4 is 0 Å². The summed E-state index contributed by atoms with van der Waals surface area (Å²) in [5.41, 5.74) is 2.21. The molecule has 0 spiro atoms. The minimum atomic E-state index is -0.596. The zero-order valence-electron chi connectivity index (χ0n) is 8.86. The molecule has 82 valence electrons. The monoisotopic (exact) mass is 208 g/mol. The Balaban J connectivity index is 2.91. The second-order valence-electron chi connectivity index (χ2n) is 3.45. The van der Waals surface area contributed by atoms with Crippen LogP contribution in [-0.4, -0.2) is 29.2 Å². The summed E-state index contributed by atoms with van der Waals surface area (Å²) < 4.78 is 0. The number of carbonyl (C=O) groups is 1. The lowest BCUT2D eigenvalue weighted by Crippen LogP contribution is -2.28. The highest BCUT2D eigenvalue weighted by atomic mass is 16.5. The summed E-state index contributed by atoms with van der Waals surface area (Å²) in [6.45, 7) is 3.20. The number of hydrogen-bond acceptors (Lipinski definition) is 3. The second-order valence-corrected chi connectivity index (χ2v) is 3.45. The number of aliphatic hydroxyl groups is 1. The Kier molecular flexibility index (Phi) is 3.82. The maximum Gasteiger partial charge on any atom is 0.243 e. The van der Waals surface area contributed by atoms with Gasteiger partial charge in [0.2, 0.25) is 5.91 Å². The van der Waals surface area contributed by atoms with E-state index in [4.69, 9.17) is 5.11 Å². The molecule has 0 aliphatic heterocycles. The van der Waals surface area contributed by atoms with Gasteiger partial charge in [-0.25, -0.2) is 0 Å². The van der Waals surface area contributed by atoms with Crippen molar-refractivity contribution in [2.75, 3.05) is 13.2 Å². The molecule has 0 heterocycles. The lowest BCUT2D eigenvalue weighted by Gasteiger charge is -2.27. The summed E-state index contributed by atoms with van der Waals surface area (Å²) in [5, 5.41) is 20.0. The number of aryl methyl sites for hydroxylation is 2. The van der Waals surface area contributed by atoms with Crippen molar-refractivity contribution >= 4 is 5.91 Å². The van der Waals surface area contributed by atoms with E-state index in [1.807, 2.05) is 13.0 Å². The van der Waals surface area contributed by atoms with Crippen molar-refractivity contribution in [3.8, 4) is 0 Å². The first kappa shape index (κ1) is 11.7. The third-order valence-electron chi connectivity index (χ3n) is 2.14. The van der Waals surface area contributed by atoms with Gasteiger partial charge in [0.25, 0.3) is 0 Å². The molecule has 1 amide bonds. The van der Waals surface area contributed by atoms with Crippen molar-refractivity contribution in [3.63, 3.8) is 0 Å². The molecule has 0 atom stereocenters. The standard InChI is InChI=1S/C11H14NO3/c1-8-3-4-10(9(2)7-8)11(14)12(15)5-6-13/h3-4,7,13H,5-6H2,1-2H3/q-1. The third-order valence-corrected chi connectivity index (χ3v) is 2.14. The Labute approximate surface area is 88.7 Å². The summed E-state index contributed by atoms with van der Waals surface area (Å²) in [5.74, 6) is -0.596. The normalized spacial score (nSPS) is 10.1. The number of carbonyl (C=O) groups excluding carboxylic acids is 1. The van der Waals surface area contributed by atoms with E-state index in [1.165, 1.54) is 0 Å². The van der Waals surface area contributed by atoms with E-state index in [1.54, 1.807) is 19.1 Å². The van der Waals surface area contributed by atoms with Crippen molar-refractivity contribution in [2.45, 2.75) is 13.8 Å². The minimum absolute atomic E-state index is 0.188. The third kappa shape index (κ3) is 2.78. The van der Waals surface area contributed by atoms with Gasteiger partial charge in [-0.05, 0) is 25.5 Å². The fourth-order valence-electron chi connectivity index (χ4n) is 1.38.